The molecule has 1 heterocycles. The number of hydrogen-bond acceptors (Lipinski definition) is 19. The van der Waals surface area contributed by atoms with Crippen molar-refractivity contribution in [1.29, 1.82) is 0 Å². The number of hydrogen-bond donors (Lipinski definition) is 7. The summed E-state index contributed by atoms with van der Waals surface area (Å²) in [7, 11) is 7.88. The number of ketones is 2. The topological polar surface area (TPSA) is 258 Å². The average molecular weight is 897 g/mol. The Labute approximate surface area is 356 Å². The molecule has 0 spiro atoms. The summed E-state index contributed by atoms with van der Waals surface area (Å²) in [6, 6.07) is 0. The fourth-order valence-electron chi connectivity index (χ4n) is 3.44. The maximum absolute atomic E-state index is 11.5. The molecule has 338 valence electrons. The van der Waals surface area contributed by atoms with E-state index < -0.39 is 24.4 Å². The van der Waals surface area contributed by atoms with E-state index in [4.69, 9.17) is 20.5 Å². The third-order valence-corrected chi connectivity index (χ3v) is 10.9. The van der Waals surface area contributed by atoms with Crippen molar-refractivity contribution < 1.29 is 69.0 Å². The lowest BCUT2D eigenvalue weighted by Gasteiger charge is -2.13. The van der Waals surface area contributed by atoms with Crippen LogP contribution in [0.5, 0.6) is 0 Å². The minimum atomic E-state index is -0.544. The van der Waals surface area contributed by atoms with Crippen LogP contribution in [-0.2, 0) is 38.2 Å². The lowest BCUT2D eigenvalue weighted by Crippen LogP contribution is -2.32. The third kappa shape index (κ3) is 46.8. The lowest BCUT2D eigenvalue weighted by atomic mass is 10.1. The number of imide groups is 1. The molecule has 1 aliphatic heterocycles. The second-order valence-corrected chi connectivity index (χ2v) is 17.0. The third-order valence-electron chi connectivity index (χ3n) is 7.19. The van der Waals surface area contributed by atoms with Gasteiger partial charge in [0.2, 0.25) is 0 Å². The molecular formula is C37H72N2O14S4. The van der Waals surface area contributed by atoms with Crippen LogP contribution in [0.4, 0.5) is 0 Å². The Morgan fingerprint density at radius 1 is 0.754 bits per heavy atom. The molecule has 0 aromatic rings. The number of carbonyl (C=O) groups is 6. The summed E-state index contributed by atoms with van der Waals surface area (Å²) >= 11 is 0. The van der Waals surface area contributed by atoms with E-state index in [2.05, 4.69) is 9.47 Å². The summed E-state index contributed by atoms with van der Waals surface area (Å²) in [4.78, 5) is 66.0. The van der Waals surface area contributed by atoms with Crippen molar-refractivity contribution in [3.8, 4) is 0 Å². The van der Waals surface area contributed by atoms with Crippen LogP contribution < -0.4 is 5.48 Å². The highest BCUT2D eigenvalue weighted by molar-refractivity contribution is 8.76. The van der Waals surface area contributed by atoms with Crippen LogP contribution in [0.1, 0.15) is 106 Å². The number of aliphatic hydroxyl groups excluding tert-OH is 5. The number of nitrogens with zero attached hydrogens (tertiary/aromatic N) is 1. The first kappa shape index (κ1) is 64.4. The van der Waals surface area contributed by atoms with E-state index in [-0.39, 0.29) is 75.4 Å². The van der Waals surface area contributed by atoms with E-state index in [1.807, 2.05) is 45.7 Å². The summed E-state index contributed by atoms with van der Waals surface area (Å²) in [5.74, 6) is 0.688. The minimum absolute atomic E-state index is 0. The smallest absolute Gasteiger partial charge is 0.308 e. The quantitative estimate of drug-likeness (QED) is 0.0153. The SMILES string of the molecule is C.CCC(O)CC(=O)OC.CCC(O)CCC(=O)CCN1C(=O)C=CC1=O.CCC(O)CCC(=O)CCSSC.CCC(O)COC=O.CSSCC(O)CNO. The van der Waals surface area contributed by atoms with Crippen molar-refractivity contribution in [2.45, 2.75) is 136 Å². The second-order valence-electron chi connectivity index (χ2n) is 11.7. The summed E-state index contributed by atoms with van der Waals surface area (Å²) in [6.07, 6.45) is 9.50. The highest BCUT2D eigenvalue weighted by atomic mass is 33.1. The summed E-state index contributed by atoms with van der Waals surface area (Å²) in [5.41, 5.74) is 1.90. The molecule has 0 saturated carbocycles. The van der Waals surface area contributed by atoms with Crippen LogP contribution in [0, 0.1) is 0 Å². The maximum Gasteiger partial charge on any atom is 0.308 e. The van der Waals surface area contributed by atoms with Crippen LogP contribution in [-0.4, -0.2) is 153 Å². The fourth-order valence-corrected chi connectivity index (χ4v) is 5.96. The van der Waals surface area contributed by atoms with Gasteiger partial charge in [-0.25, -0.2) is 5.48 Å². The molecule has 0 aromatic heterocycles. The van der Waals surface area contributed by atoms with Gasteiger partial charge in [-0.2, -0.15) is 0 Å². The van der Waals surface area contributed by atoms with Crippen molar-refractivity contribution in [2.75, 3.05) is 50.8 Å². The molecule has 2 amide bonds. The Balaban J connectivity index is -0.000000203. The normalized spacial score (nSPS) is 13.9. The highest BCUT2D eigenvalue weighted by Crippen LogP contribution is 2.18. The van der Waals surface area contributed by atoms with E-state index in [9.17, 15) is 39.0 Å². The average Bonchev–Trinajstić information content (AvgIpc) is 3.52. The van der Waals surface area contributed by atoms with Crippen molar-refractivity contribution in [2.24, 2.45) is 0 Å². The Bertz CT molecular complexity index is 1030. The maximum atomic E-state index is 11.5. The van der Waals surface area contributed by atoms with Crippen LogP contribution in [0.3, 0.4) is 0 Å². The van der Waals surface area contributed by atoms with Crippen molar-refractivity contribution in [3.05, 3.63) is 12.2 Å². The molecule has 0 aliphatic carbocycles. The van der Waals surface area contributed by atoms with Gasteiger partial charge in [0.15, 0.2) is 0 Å². The zero-order chi connectivity index (χ0) is 43.7. The van der Waals surface area contributed by atoms with Crippen molar-refractivity contribution in [3.63, 3.8) is 0 Å². The number of rotatable bonds is 27. The molecule has 20 heteroatoms. The molecule has 16 nitrogen and oxygen atoms in total. The standard InChI is InChI=1S/C12H17NO4.C9H18O2S2.C6H12O3.C5H10O3.C4H11NO2S2.CH4/c1-2-9(14)3-4-10(15)7-8-13-11(16)5-6-12(13)17;1-3-8(10)4-5-9(11)6-7-13-12-2;1-3-5(7)4-6(8)9-2;1-2-5(7)3-8-4-6;1-8-9-3-4(6)2-5-7;/h5-6,9,14H,2-4,7-8H2,1H3;8,10H,3-7H2,1-2H3;5,7H,3-4H2,1-2H3;4-5,7H,2-3H2,1H3;4-7H,2-3H2,1H3;1H4. The van der Waals surface area contributed by atoms with Gasteiger partial charge in [-0.1, -0.05) is 78.3 Å². The number of amides is 2. The molecule has 57 heavy (non-hydrogen) atoms. The number of hydroxylamine groups is 1. The molecular weight excluding hydrogens is 825 g/mol. The summed E-state index contributed by atoms with van der Waals surface area (Å²) in [6.45, 7) is 8.23. The minimum Gasteiger partial charge on any atom is -0.469 e. The van der Waals surface area contributed by atoms with Gasteiger partial charge in [-0.15, -0.1) is 0 Å². The number of methoxy groups -OCH3 is 1. The van der Waals surface area contributed by atoms with Crippen LogP contribution in [0.2, 0.25) is 0 Å². The number of nitrogens with one attached hydrogen (secondary N) is 1. The van der Waals surface area contributed by atoms with Gasteiger partial charge in [-0.3, -0.25) is 33.7 Å². The molecule has 0 aromatic carbocycles. The van der Waals surface area contributed by atoms with E-state index in [0.29, 0.717) is 63.6 Å². The van der Waals surface area contributed by atoms with Crippen molar-refractivity contribution in [1.82, 2.24) is 10.4 Å². The molecule has 7 N–H and O–H groups in total. The molecule has 0 bridgehead atoms. The van der Waals surface area contributed by atoms with Gasteiger partial charge < -0.3 is 40.2 Å². The monoisotopic (exact) mass is 896 g/mol. The van der Waals surface area contributed by atoms with E-state index >= 15 is 0 Å². The van der Waals surface area contributed by atoms with Gasteiger partial charge in [0.25, 0.3) is 18.3 Å². The molecule has 0 radical (unpaired) electrons. The Hall–Kier alpha value is -1.72. The largest absolute Gasteiger partial charge is 0.469 e. The molecule has 1 aliphatic rings. The second kappa shape index (κ2) is 47.0. The van der Waals surface area contributed by atoms with Gasteiger partial charge >= 0.3 is 5.97 Å². The van der Waals surface area contributed by atoms with E-state index in [1.165, 1.54) is 19.3 Å². The Kier molecular flexibility index (Phi) is 53.1. The molecule has 5 atom stereocenters. The first-order valence-electron chi connectivity index (χ1n) is 18.3. The van der Waals surface area contributed by atoms with Gasteiger partial charge in [0, 0.05) is 62.4 Å². The lowest BCUT2D eigenvalue weighted by molar-refractivity contribution is -0.143. The predicted octanol–water partition coefficient (Wildman–Crippen LogP) is 4.15. The Morgan fingerprint density at radius 3 is 1.63 bits per heavy atom. The van der Waals surface area contributed by atoms with Crippen LogP contribution in [0.25, 0.3) is 0 Å². The summed E-state index contributed by atoms with van der Waals surface area (Å²) in [5, 5.41) is 53.1. The highest BCUT2D eigenvalue weighted by Gasteiger charge is 2.23. The van der Waals surface area contributed by atoms with E-state index in [0.717, 1.165) is 17.1 Å². The van der Waals surface area contributed by atoms with Gasteiger partial charge in [0.05, 0.1) is 44.1 Å². The molecule has 0 saturated heterocycles. The zero-order valence-electron chi connectivity index (χ0n) is 34.0. The fraction of sp³-hybridized carbons (Fsp3) is 0.784. The molecule has 0 fully saturated rings. The van der Waals surface area contributed by atoms with Gasteiger partial charge in [-0.05, 0) is 51.0 Å². The molecule has 1 rings (SSSR count). The number of esters is 1. The van der Waals surface area contributed by atoms with Crippen molar-refractivity contribution >= 4 is 79.0 Å². The number of ether oxygens (including phenoxy) is 2. The van der Waals surface area contributed by atoms with Crippen LogP contribution >= 0.6 is 43.2 Å². The first-order valence-corrected chi connectivity index (χ1v) is 23.8. The molecule has 5 unspecified atom stereocenters. The number of carbonyl (C=O) groups excluding carboxylic acids is 6. The first-order chi connectivity index (χ1) is 26.6. The van der Waals surface area contributed by atoms with Crippen LogP contribution in [0.15, 0.2) is 12.2 Å². The zero-order valence-corrected chi connectivity index (χ0v) is 37.2. The number of aliphatic hydroxyl groups is 5. The van der Waals surface area contributed by atoms with Gasteiger partial charge in [0.1, 0.15) is 18.2 Å². The van der Waals surface area contributed by atoms with E-state index in [1.54, 1.807) is 43.2 Å². The Morgan fingerprint density at radius 2 is 1.23 bits per heavy atom. The number of Topliss-reactive ketones (excluding diaryl/α,β-unsaturated/α-hetero) is 2. The summed E-state index contributed by atoms with van der Waals surface area (Å²) < 4.78 is 8.58. The predicted molar refractivity (Wildman–Crippen MR) is 232 cm³/mol.